The molecule has 0 aromatic carbocycles. The van der Waals surface area contributed by atoms with Crippen molar-refractivity contribution >= 4 is 17.0 Å². The van der Waals surface area contributed by atoms with Crippen LogP contribution in [-0.4, -0.2) is 35.8 Å². The zero-order valence-electron chi connectivity index (χ0n) is 13.8. The molecule has 1 saturated carbocycles. The fraction of sp³-hybridized carbons (Fsp3) is 0.529. The molecule has 2 aliphatic rings. The average Bonchev–Trinajstić information content (AvgIpc) is 3.21. The summed E-state index contributed by atoms with van der Waals surface area (Å²) in [5.41, 5.74) is 3.16. The average molecular weight is 323 g/mol. The zero-order valence-corrected chi connectivity index (χ0v) is 13.8. The third kappa shape index (κ3) is 2.18. The topological polar surface area (TPSA) is 64.7 Å². The molecule has 5 rings (SSSR count). The predicted molar refractivity (Wildman–Crippen MR) is 90.7 cm³/mol. The second kappa shape index (κ2) is 5.29. The van der Waals surface area contributed by atoms with Crippen molar-refractivity contribution in [1.82, 2.24) is 29.3 Å². The number of piperidine rings is 1. The van der Waals surface area contributed by atoms with Gasteiger partial charge >= 0.3 is 0 Å². The summed E-state index contributed by atoms with van der Waals surface area (Å²) < 4.78 is 4.09. The molecule has 2 fully saturated rings. The molecule has 1 unspecified atom stereocenters. The standard InChI is InChI=1S/C17H21N7/c1-22-9-12(8-21-22)14-4-2-3-7-23(14)16-15-17(19-10-18-16)24(11-20-15)13-5-6-13/h8-11,13-14H,2-7H2,1H3. The molecule has 0 N–H and O–H groups in total. The highest BCUT2D eigenvalue weighted by atomic mass is 15.3. The van der Waals surface area contributed by atoms with E-state index < -0.39 is 0 Å². The molecule has 7 nitrogen and oxygen atoms in total. The van der Waals surface area contributed by atoms with E-state index in [9.17, 15) is 0 Å². The van der Waals surface area contributed by atoms with E-state index in [0.717, 1.165) is 29.9 Å². The van der Waals surface area contributed by atoms with Gasteiger partial charge in [0.1, 0.15) is 6.33 Å². The van der Waals surface area contributed by atoms with Gasteiger partial charge in [-0.15, -0.1) is 0 Å². The largest absolute Gasteiger partial charge is 0.347 e. The van der Waals surface area contributed by atoms with Gasteiger partial charge in [-0.05, 0) is 32.1 Å². The predicted octanol–water partition coefficient (Wildman–Crippen LogP) is 2.63. The van der Waals surface area contributed by atoms with Crippen LogP contribution in [0.5, 0.6) is 0 Å². The normalized spacial score (nSPS) is 21.5. The molecule has 1 aliphatic heterocycles. The summed E-state index contributed by atoms with van der Waals surface area (Å²) in [5.74, 6) is 0.966. The molecule has 124 valence electrons. The summed E-state index contributed by atoms with van der Waals surface area (Å²) in [4.78, 5) is 16.2. The lowest BCUT2D eigenvalue weighted by Gasteiger charge is -2.36. The number of nitrogens with zero attached hydrogens (tertiary/aromatic N) is 7. The van der Waals surface area contributed by atoms with Gasteiger partial charge in [0.25, 0.3) is 0 Å². The minimum Gasteiger partial charge on any atom is -0.347 e. The van der Waals surface area contributed by atoms with Crippen molar-refractivity contribution in [3.63, 3.8) is 0 Å². The van der Waals surface area contributed by atoms with Crippen molar-refractivity contribution in [2.24, 2.45) is 7.05 Å². The van der Waals surface area contributed by atoms with E-state index >= 15 is 0 Å². The lowest BCUT2D eigenvalue weighted by molar-refractivity contribution is 0.470. The summed E-state index contributed by atoms with van der Waals surface area (Å²) in [6.07, 6.45) is 13.7. The van der Waals surface area contributed by atoms with Crippen molar-refractivity contribution < 1.29 is 0 Å². The van der Waals surface area contributed by atoms with Gasteiger partial charge < -0.3 is 9.47 Å². The number of imidazole rings is 1. The second-order valence-electron chi connectivity index (χ2n) is 6.90. The first kappa shape index (κ1) is 13.9. The zero-order chi connectivity index (χ0) is 16.1. The lowest BCUT2D eigenvalue weighted by Crippen LogP contribution is -2.34. The van der Waals surface area contributed by atoms with E-state index in [2.05, 4.69) is 35.7 Å². The number of aromatic nitrogens is 6. The molecule has 24 heavy (non-hydrogen) atoms. The minimum atomic E-state index is 0.316. The molecule has 0 bridgehead atoms. The maximum absolute atomic E-state index is 4.66. The van der Waals surface area contributed by atoms with Crippen molar-refractivity contribution in [3.8, 4) is 0 Å². The van der Waals surface area contributed by atoms with Crippen LogP contribution in [0.15, 0.2) is 25.0 Å². The number of fused-ring (bicyclic) bond motifs is 1. The van der Waals surface area contributed by atoms with Gasteiger partial charge in [-0.25, -0.2) is 15.0 Å². The first-order valence-electron chi connectivity index (χ1n) is 8.74. The second-order valence-corrected chi connectivity index (χ2v) is 6.90. The Kier molecular flexibility index (Phi) is 3.08. The lowest BCUT2D eigenvalue weighted by atomic mass is 9.97. The SMILES string of the molecule is Cn1cc(C2CCCCN2c2ncnc3c2ncn3C2CC2)cn1. The fourth-order valence-corrected chi connectivity index (χ4v) is 3.81. The van der Waals surface area contributed by atoms with Crippen molar-refractivity contribution in [2.45, 2.75) is 44.2 Å². The third-order valence-corrected chi connectivity index (χ3v) is 5.16. The van der Waals surface area contributed by atoms with Gasteiger partial charge in [-0.2, -0.15) is 5.10 Å². The highest BCUT2D eigenvalue weighted by molar-refractivity contribution is 5.83. The Morgan fingerprint density at radius 2 is 2.00 bits per heavy atom. The van der Waals surface area contributed by atoms with Crippen molar-refractivity contribution in [2.75, 3.05) is 11.4 Å². The van der Waals surface area contributed by atoms with Gasteiger partial charge in [0.2, 0.25) is 0 Å². The van der Waals surface area contributed by atoms with Crippen molar-refractivity contribution in [3.05, 3.63) is 30.6 Å². The Morgan fingerprint density at radius 1 is 1.08 bits per heavy atom. The third-order valence-electron chi connectivity index (χ3n) is 5.16. The van der Waals surface area contributed by atoms with Crippen LogP contribution in [0.2, 0.25) is 0 Å². The van der Waals surface area contributed by atoms with Crippen LogP contribution in [0.4, 0.5) is 5.82 Å². The van der Waals surface area contributed by atoms with Crippen LogP contribution in [0, 0.1) is 0 Å². The molecule has 4 heterocycles. The highest BCUT2D eigenvalue weighted by Gasteiger charge is 2.30. The van der Waals surface area contributed by atoms with Crippen LogP contribution < -0.4 is 4.90 Å². The first-order chi connectivity index (χ1) is 11.8. The molecule has 7 heteroatoms. The summed E-state index contributed by atoms with van der Waals surface area (Å²) in [7, 11) is 1.97. The molecule has 3 aromatic heterocycles. The van der Waals surface area contributed by atoms with E-state index in [0.29, 0.717) is 12.1 Å². The summed E-state index contributed by atoms with van der Waals surface area (Å²) in [6.45, 7) is 1.00. The minimum absolute atomic E-state index is 0.316. The van der Waals surface area contributed by atoms with E-state index in [1.807, 2.05) is 24.3 Å². The van der Waals surface area contributed by atoms with Gasteiger partial charge in [-0.3, -0.25) is 4.68 Å². The molecule has 3 aromatic rings. The monoisotopic (exact) mass is 323 g/mol. The summed E-state index contributed by atoms with van der Waals surface area (Å²) in [5, 5.41) is 4.36. The molecule has 1 aliphatic carbocycles. The maximum atomic E-state index is 4.66. The molecule has 0 amide bonds. The Morgan fingerprint density at radius 3 is 2.79 bits per heavy atom. The fourth-order valence-electron chi connectivity index (χ4n) is 3.81. The number of aryl methyl sites for hydroxylation is 1. The number of hydrogen-bond donors (Lipinski definition) is 0. The molecule has 0 spiro atoms. The van der Waals surface area contributed by atoms with Gasteiger partial charge in [0.15, 0.2) is 17.0 Å². The molecular formula is C17H21N7. The molecule has 1 saturated heterocycles. The molecular weight excluding hydrogens is 302 g/mol. The molecule has 1 atom stereocenters. The quantitative estimate of drug-likeness (QED) is 0.741. The van der Waals surface area contributed by atoms with Crippen molar-refractivity contribution in [1.29, 1.82) is 0 Å². The van der Waals surface area contributed by atoms with Gasteiger partial charge in [0, 0.05) is 31.4 Å². The Labute approximate surface area is 140 Å². The van der Waals surface area contributed by atoms with E-state index in [1.54, 1.807) is 6.33 Å². The van der Waals surface area contributed by atoms with E-state index in [4.69, 9.17) is 0 Å². The summed E-state index contributed by atoms with van der Waals surface area (Å²) >= 11 is 0. The Hall–Kier alpha value is -2.44. The van der Waals surface area contributed by atoms with E-state index in [-0.39, 0.29) is 0 Å². The first-order valence-corrected chi connectivity index (χ1v) is 8.74. The number of anilines is 1. The number of rotatable bonds is 3. The Bertz CT molecular complexity index is 876. The summed E-state index contributed by atoms with van der Waals surface area (Å²) in [6, 6.07) is 0.893. The smallest absolute Gasteiger partial charge is 0.165 e. The van der Waals surface area contributed by atoms with Crippen LogP contribution in [0.3, 0.4) is 0 Å². The van der Waals surface area contributed by atoms with Crippen LogP contribution in [0.25, 0.3) is 11.2 Å². The Balaban J connectivity index is 1.59. The van der Waals surface area contributed by atoms with Crippen LogP contribution in [-0.2, 0) is 7.05 Å². The molecule has 0 radical (unpaired) electrons. The van der Waals surface area contributed by atoms with Crippen LogP contribution >= 0.6 is 0 Å². The highest BCUT2D eigenvalue weighted by Crippen LogP contribution is 2.39. The van der Waals surface area contributed by atoms with Crippen LogP contribution in [0.1, 0.15) is 49.8 Å². The number of hydrogen-bond acceptors (Lipinski definition) is 5. The van der Waals surface area contributed by atoms with Gasteiger partial charge in [-0.1, -0.05) is 0 Å². The van der Waals surface area contributed by atoms with Gasteiger partial charge in [0.05, 0.1) is 18.6 Å². The maximum Gasteiger partial charge on any atom is 0.165 e. The van der Waals surface area contributed by atoms with E-state index in [1.165, 1.54) is 31.2 Å².